The Labute approximate surface area is 155 Å². The molecule has 0 saturated carbocycles. The van der Waals surface area contributed by atoms with Crippen LogP contribution in [-0.4, -0.2) is 57.8 Å². The molecule has 5 heteroatoms. The first-order valence-electron chi connectivity index (χ1n) is 9.07. The maximum absolute atomic E-state index is 12.4. The van der Waals surface area contributed by atoms with Crippen LogP contribution in [0.3, 0.4) is 0 Å². The van der Waals surface area contributed by atoms with Gasteiger partial charge in [-0.05, 0) is 29.8 Å². The van der Waals surface area contributed by atoms with E-state index in [9.17, 15) is 4.79 Å². The first-order valence-corrected chi connectivity index (χ1v) is 9.07. The summed E-state index contributed by atoms with van der Waals surface area (Å²) in [5.41, 5.74) is 3.07. The van der Waals surface area contributed by atoms with Gasteiger partial charge in [-0.1, -0.05) is 30.3 Å². The molecule has 3 rings (SSSR count). The molecule has 1 saturated heterocycles. The van der Waals surface area contributed by atoms with E-state index in [0.717, 1.165) is 26.3 Å². The Morgan fingerprint density at radius 1 is 1.08 bits per heavy atom. The molecule has 0 aromatic heterocycles. The summed E-state index contributed by atoms with van der Waals surface area (Å²) >= 11 is 0. The van der Waals surface area contributed by atoms with E-state index >= 15 is 0 Å². The molecule has 0 bridgehead atoms. The number of carbonyl (C=O) groups excluding carboxylic acids is 1. The number of anilines is 1. The Hall–Kier alpha value is -2.37. The van der Waals surface area contributed by atoms with Crippen molar-refractivity contribution in [1.29, 1.82) is 0 Å². The molecule has 2 aromatic carbocycles. The average Bonchev–Trinajstić information content (AvgIpc) is 2.70. The third-order valence-electron chi connectivity index (χ3n) is 4.77. The highest BCUT2D eigenvalue weighted by Gasteiger charge is 2.23. The Balaban J connectivity index is 1.73. The van der Waals surface area contributed by atoms with Gasteiger partial charge in [-0.3, -0.25) is 9.69 Å². The number of benzene rings is 2. The molecule has 26 heavy (non-hydrogen) atoms. The number of hydrogen-bond acceptors (Lipinski definition) is 4. The number of nitrogens with one attached hydrogen (secondary N) is 1. The summed E-state index contributed by atoms with van der Waals surface area (Å²) in [6.07, 6.45) is 0. The van der Waals surface area contributed by atoms with Crippen LogP contribution in [0.4, 0.5) is 5.69 Å². The fraction of sp³-hybridized carbons (Fsp3) is 0.381. The molecule has 1 aliphatic heterocycles. The van der Waals surface area contributed by atoms with Crippen molar-refractivity contribution < 1.29 is 9.53 Å². The van der Waals surface area contributed by atoms with Gasteiger partial charge in [-0.15, -0.1) is 0 Å². The average molecular weight is 353 g/mol. The second-order valence-corrected chi connectivity index (χ2v) is 6.73. The van der Waals surface area contributed by atoms with Crippen LogP contribution in [0.15, 0.2) is 54.6 Å². The number of amides is 1. The highest BCUT2D eigenvalue weighted by Crippen LogP contribution is 2.24. The molecular formula is C21H27N3O2. The first-order chi connectivity index (χ1) is 12.6. The van der Waals surface area contributed by atoms with E-state index in [1.54, 1.807) is 0 Å². The van der Waals surface area contributed by atoms with E-state index in [1.165, 1.54) is 11.3 Å². The number of ether oxygens (including phenoxy) is 1. The summed E-state index contributed by atoms with van der Waals surface area (Å²) in [7, 11) is 4.07. The second-order valence-electron chi connectivity index (χ2n) is 6.73. The molecular weight excluding hydrogens is 326 g/mol. The van der Waals surface area contributed by atoms with E-state index in [4.69, 9.17) is 4.74 Å². The van der Waals surface area contributed by atoms with Crippen LogP contribution < -0.4 is 10.2 Å². The van der Waals surface area contributed by atoms with Crippen molar-refractivity contribution in [3.63, 3.8) is 0 Å². The second kappa shape index (κ2) is 8.83. The summed E-state index contributed by atoms with van der Waals surface area (Å²) in [5, 5.41) is 3.10. The van der Waals surface area contributed by atoms with Gasteiger partial charge < -0.3 is 15.0 Å². The Morgan fingerprint density at radius 2 is 1.73 bits per heavy atom. The van der Waals surface area contributed by atoms with Crippen LogP contribution in [0.5, 0.6) is 0 Å². The van der Waals surface area contributed by atoms with Crippen LogP contribution >= 0.6 is 0 Å². The minimum Gasteiger partial charge on any atom is -0.379 e. The van der Waals surface area contributed by atoms with Crippen molar-refractivity contribution in [2.24, 2.45) is 0 Å². The number of morpholine rings is 1. The van der Waals surface area contributed by atoms with Gasteiger partial charge in [0.2, 0.25) is 0 Å². The van der Waals surface area contributed by atoms with Gasteiger partial charge in [0, 0.05) is 45.0 Å². The summed E-state index contributed by atoms with van der Waals surface area (Å²) in [5.74, 6) is -0.0335. The zero-order chi connectivity index (χ0) is 18.4. The van der Waals surface area contributed by atoms with E-state index in [0.29, 0.717) is 12.1 Å². The van der Waals surface area contributed by atoms with Crippen molar-refractivity contribution in [2.45, 2.75) is 6.04 Å². The molecule has 138 valence electrons. The van der Waals surface area contributed by atoms with Crippen molar-refractivity contribution in [3.05, 3.63) is 65.7 Å². The predicted octanol–water partition coefficient (Wildman–Crippen LogP) is 2.56. The van der Waals surface area contributed by atoms with E-state index < -0.39 is 0 Å². The maximum atomic E-state index is 12.4. The van der Waals surface area contributed by atoms with Gasteiger partial charge in [0.1, 0.15) is 0 Å². The van der Waals surface area contributed by atoms with Crippen LogP contribution in [-0.2, 0) is 4.74 Å². The predicted molar refractivity (Wildman–Crippen MR) is 105 cm³/mol. The SMILES string of the molecule is CN(C)c1ccc([C@H](CNC(=O)c2ccccc2)N2CCOCC2)cc1. The lowest BCUT2D eigenvalue weighted by molar-refractivity contribution is 0.0162. The van der Waals surface area contributed by atoms with Crippen LogP contribution in [0, 0.1) is 0 Å². The lowest BCUT2D eigenvalue weighted by Gasteiger charge is -2.35. The number of carbonyl (C=O) groups is 1. The molecule has 1 fully saturated rings. The number of hydrogen-bond donors (Lipinski definition) is 1. The quantitative estimate of drug-likeness (QED) is 0.867. The first kappa shape index (κ1) is 18.4. The van der Waals surface area contributed by atoms with E-state index in [2.05, 4.69) is 39.4 Å². The number of rotatable bonds is 6. The molecule has 5 nitrogen and oxygen atoms in total. The van der Waals surface area contributed by atoms with Crippen molar-refractivity contribution in [3.8, 4) is 0 Å². The minimum absolute atomic E-state index is 0.0335. The highest BCUT2D eigenvalue weighted by molar-refractivity contribution is 5.94. The van der Waals surface area contributed by atoms with Crippen LogP contribution in [0.2, 0.25) is 0 Å². The fourth-order valence-electron chi connectivity index (χ4n) is 3.22. The third kappa shape index (κ3) is 4.62. The number of nitrogens with zero attached hydrogens (tertiary/aromatic N) is 2. The smallest absolute Gasteiger partial charge is 0.251 e. The normalized spacial score (nSPS) is 16.1. The summed E-state index contributed by atoms with van der Waals surface area (Å²) in [6, 6.07) is 18.1. The largest absolute Gasteiger partial charge is 0.379 e. The molecule has 0 spiro atoms. The van der Waals surface area contributed by atoms with Crippen molar-refractivity contribution in [1.82, 2.24) is 10.2 Å². The Kier molecular flexibility index (Phi) is 6.26. The molecule has 0 aliphatic carbocycles. The van der Waals surface area contributed by atoms with Crippen LogP contribution in [0.25, 0.3) is 0 Å². The lowest BCUT2D eigenvalue weighted by atomic mass is 10.0. The van der Waals surface area contributed by atoms with Gasteiger partial charge in [0.15, 0.2) is 0 Å². The fourth-order valence-corrected chi connectivity index (χ4v) is 3.22. The third-order valence-corrected chi connectivity index (χ3v) is 4.77. The molecule has 1 aliphatic rings. The van der Waals surface area contributed by atoms with Gasteiger partial charge in [-0.2, -0.15) is 0 Å². The molecule has 1 amide bonds. The summed E-state index contributed by atoms with van der Waals surface area (Å²) < 4.78 is 5.50. The monoisotopic (exact) mass is 353 g/mol. The van der Waals surface area contributed by atoms with Gasteiger partial charge >= 0.3 is 0 Å². The van der Waals surface area contributed by atoms with Gasteiger partial charge in [-0.25, -0.2) is 0 Å². The van der Waals surface area contributed by atoms with E-state index in [1.807, 2.05) is 44.4 Å². The molecule has 1 N–H and O–H groups in total. The highest BCUT2D eigenvalue weighted by atomic mass is 16.5. The van der Waals surface area contributed by atoms with Gasteiger partial charge in [0.05, 0.1) is 19.3 Å². The summed E-state index contributed by atoms with van der Waals surface area (Å²) in [4.78, 5) is 16.9. The zero-order valence-corrected chi connectivity index (χ0v) is 15.5. The molecule has 0 unspecified atom stereocenters. The standard InChI is InChI=1S/C21H27N3O2/c1-23(2)19-10-8-17(9-11-19)20(24-12-14-26-15-13-24)16-22-21(25)18-6-4-3-5-7-18/h3-11,20H,12-16H2,1-2H3,(H,22,25)/t20-/m0/s1. The topological polar surface area (TPSA) is 44.8 Å². The van der Waals surface area contributed by atoms with Gasteiger partial charge in [0.25, 0.3) is 5.91 Å². The molecule has 0 radical (unpaired) electrons. The molecule has 1 atom stereocenters. The van der Waals surface area contributed by atoms with Crippen molar-refractivity contribution >= 4 is 11.6 Å². The lowest BCUT2D eigenvalue weighted by Crippen LogP contribution is -2.43. The Bertz CT molecular complexity index is 695. The van der Waals surface area contributed by atoms with E-state index in [-0.39, 0.29) is 11.9 Å². The zero-order valence-electron chi connectivity index (χ0n) is 15.5. The molecule has 2 aromatic rings. The Morgan fingerprint density at radius 3 is 2.35 bits per heavy atom. The maximum Gasteiger partial charge on any atom is 0.251 e. The minimum atomic E-state index is -0.0335. The molecule has 1 heterocycles. The van der Waals surface area contributed by atoms with Crippen LogP contribution in [0.1, 0.15) is 22.0 Å². The van der Waals surface area contributed by atoms with Crippen molar-refractivity contribution in [2.75, 3.05) is 51.8 Å². The summed E-state index contributed by atoms with van der Waals surface area (Å²) in [6.45, 7) is 3.80.